The molecule has 0 aromatic rings. The SMILES string of the molecule is O=P([O-])([O-])P(=O)([O-])O.[Na+].[Na+].[Na+]. The van der Waals surface area contributed by atoms with Gasteiger partial charge in [0.1, 0.15) is 0 Å². The summed E-state index contributed by atoms with van der Waals surface area (Å²) in [6.07, 6.45) is 0. The first kappa shape index (κ1) is 23.8. The summed E-state index contributed by atoms with van der Waals surface area (Å²) in [7, 11) is -11.4. The maximum absolute atomic E-state index is 9.35. The van der Waals surface area contributed by atoms with Crippen molar-refractivity contribution in [2.45, 2.75) is 0 Å². The molecule has 0 aliphatic rings. The van der Waals surface area contributed by atoms with Crippen LogP contribution in [0.5, 0.6) is 0 Å². The standard InChI is InChI=1S/3Na.H4O6P2/c;;;1-7(2,3)8(4,5)6/h;;;(H2,1,2,3)(H2,4,5,6)/q3*+1;/p-3. The van der Waals surface area contributed by atoms with Crippen molar-refractivity contribution in [3.05, 3.63) is 0 Å². The molecule has 50 valence electrons. The molecule has 0 rings (SSSR count). The second-order valence-corrected chi connectivity index (χ2v) is 5.86. The fourth-order valence-electron chi connectivity index (χ4n) is 0. The Morgan fingerprint density at radius 2 is 1.00 bits per heavy atom. The van der Waals surface area contributed by atoms with Crippen molar-refractivity contribution in [1.29, 1.82) is 0 Å². The quantitative estimate of drug-likeness (QED) is 0.351. The normalized spacial score (nSPS) is 14.5. The molecule has 0 aromatic heterocycles. The molecule has 1 unspecified atom stereocenters. The number of hydrogen-bond donors (Lipinski definition) is 1. The fraction of sp³-hybridized carbons (Fsp3) is 0. The van der Waals surface area contributed by atoms with E-state index in [-0.39, 0.29) is 88.7 Å². The van der Waals surface area contributed by atoms with Crippen molar-refractivity contribution >= 4 is 14.6 Å². The van der Waals surface area contributed by atoms with Gasteiger partial charge in [-0.25, -0.2) is 0 Å². The van der Waals surface area contributed by atoms with Crippen molar-refractivity contribution in [2.24, 2.45) is 0 Å². The maximum Gasteiger partial charge on any atom is 1.00 e. The molecule has 11 heavy (non-hydrogen) atoms. The van der Waals surface area contributed by atoms with Crippen LogP contribution in [0.25, 0.3) is 0 Å². The van der Waals surface area contributed by atoms with Gasteiger partial charge in [-0.2, -0.15) is 0 Å². The van der Waals surface area contributed by atoms with E-state index in [2.05, 4.69) is 0 Å². The van der Waals surface area contributed by atoms with E-state index < -0.39 is 14.6 Å². The minimum atomic E-state index is -5.79. The summed E-state index contributed by atoms with van der Waals surface area (Å²) in [5.74, 6) is 0. The molecule has 0 radical (unpaired) electrons. The summed E-state index contributed by atoms with van der Waals surface area (Å²) in [6.45, 7) is 0. The number of rotatable bonds is 1. The zero-order valence-corrected chi connectivity index (χ0v) is 14.2. The van der Waals surface area contributed by atoms with Gasteiger partial charge in [-0.3, -0.25) is 0 Å². The molecule has 6 nitrogen and oxygen atoms in total. The monoisotopic (exact) mass is 228 g/mol. The predicted octanol–water partition coefficient (Wildman–Crippen LogP) is -11.6. The van der Waals surface area contributed by atoms with Gasteiger partial charge >= 0.3 is 88.7 Å². The molecule has 11 heteroatoms. The summed E-state index contributed by atoms with van der Waals surface area (Å²) < 4.78 is 18.6. The van der Waals surface area contributed by atoms with Crippen LogP contribution in [0.1, 0.15) is 0 Å². The summed E-state index contributed by atoms with van der Waals surface area (Å²) in [4.78, 5) is 35.4. The third kappa shape index (κ3) is 11.2. The molecule has 0 bridgehead atoms. The van der Waals surface area contributed by atoms with Gasteiger partial charge in [0.15, 0.2) is 7.28 Å². The van der Waals surface area contributed by atoms with Crippen LogP contribution in [0.2, 0.25) is 0 Å². The van der Waals surface area contributed by atoms with E-state index in [1.807, 2.05) is 0 Å². The van der Waals surface area contributed by atoms with Crippen molar-refractivity contribution in [2.75, 3.05) is 0 Å². The minimum absolute atomic E-state index is 0. The molecule has 0 saturated carbocycles. The first-order valence-electron chi connectivity index (χ1n) is 1.31. The van der Waals surface area contributed by atoms with Crippen LogP contribution >= 0.6 is 14.6 Å². The van der Waals surface area contributed by atoms with Gasteiger partial charge in [-0.05, 0) is 0 Å². The van der Waals surface area contributed by atoms with Gasteiger partial charge in [0, 0.05) is 7.28 Å². The fourth-order valence-corrected chi connectivity index (χ4v) is 0. The third-order valence-electron chi connectivity index (χ3n) is 0.310. The third-order valence-corrected chi connectivity index (χ3v) is 2.79. The van der Waals surface area contributed by atoms with E-state index in [0.29, 0.717) is 0 Å². The van der Waals surface area contributed by atoms with Crippen LogP contribution in [0.4, 0.5) is 0 Å². The Morgan fingerprint density at radius 1 is 0.909 bits per heavy atom. The van der Waals surface area contributed by atoms with Gasteiger partial charge in [-0.15, -0.1) is 0 Å². The van der Waals surface area contributed by atoms with Crippen LogP contribution in [0.3, 0.4) is 0 Å². The molecule has 0 aromatic carbocycles. The Bertz CT molecular complexity index is 145. The summed E-state index contributed by atoms with van der Waals surface area (Å²) in [6, 6.07) is 0. The molecular weight excluding hydrogens is 227 g/mol. The van der Waals surface area contributed by atoms with Crippen molar-refractivity contribution in [1.82, 2.24) is 0 Å². The van der Waals surface area contributed by atoms with Gasteiger partial charge in [0.25, 0.3) is 0 Å². The van der Waals surface area contributed by atoms with Gasteiger partial charge in [0.05, 0.1) is 0 Å². The molecule has 0 aliphatic heterocycles. The second kappa shape index (κ2) is 8.60. The molecule has 0 spiro atoms. The average Bonchev–Trinajstić information content (AvgIpc) is 1.25. The molecule has 1 atom stereocenters. The van der Waals surface area contributed by atoms with E-state index in [9.17, 15) is 23.8 Å². The van der Waals surface area contributed by atoms with Crippen LogP contribution in [0, 0.1) is 0 Å². The molecule has 1 N–H and O–H groups in total. The Morgan fingerprint density at radius 3 is 1.00 bits per heavy atom. The molecule has 0 saturated heterocycles. The topological polar surface area (TPSA) is 124 Å². The minimum Gasteiger partial charge on any atom is -0.805 e. The Hall–Kier alpha value is 3.30. The molecule has 0 amide bonds. The van der Waals surface area contributed by atoms with Crippen LogP contribution in [-0.2, 0) is 9.13 Å². The van der Waals surface area contributed by atoms with Crippen LogP contribution in [0.15, 0.2) is 0 Å². The van der Waals surface area contributed by atoms with E-state index in [4.69, 9.17) is 4.89 Å². The predicted molar refractivity (Wildman–Crippen MR) is 17.4 cm³/mol. The summed E-state index contributed by atoms with van der Waals surface area (Å²) in [5, 5.41) is 0. The van der Waals surface area contributed by atoms with Gasteiger partial charge in [-0.1, -0.05) is 0 Å². The Kier molecular flexibility index (Phi) is 18.6. The van der Waals surface area contributed by atoms with E-state index in [0.717, 1.165) is 0 Å². The molecule has 0 aliphatic carbocycles. The van der Waals surface area contributed by atoms with Crippen LogP contribution in [-0.4, -0.2) is 4.89 Å². The van der Waals surface area contributed by atoms with Crippen LogP contribution < -0.4 is 103 Å². The molecule has 0 heterocycles. The Balaban J connectivity index is -0.0000000817. The van der Waals surface area contributed by atoms with Gasteiger partial charge in [0.2, 0.25) is 0 Å². The summed E-state index contributed by atoms with van der Waals surface area (Å²) >= 11 is 0. The smallest absolute Gasteiger partial charge is 0.805 e. The summed E-state index contributed by atoms with van der Waals surface area (Å²) in [5.41, 5.74) is 0. The van der Waals surface area contributed by atoms with E-state index in [1.165, 1.54) is 0 Å². The zero-order valence-electron chi connectivity index (χ0n) is 6.38. The van der Waals surface area contributed by atoms with Crippen molar-refractivity contribution < 1.29 is 117 Å². The van der Waals surface area contributed by atoms with E-state index >= 15 is 0 Å². The van der Waals surface area contributed by atoms with Crippen molar-refractivity contribution in [3.8, 4) is 0 Å². The largest absolute Gasteiger partial charge is 1.00 e. The van der Waals surface area contributed by atoms with Crippen molar-refractivity contribution in [3.63, 3.8) is 0 Å². The average molecular weight is 228 g/mol. The molecular formula is HNa3O6P2. The first-order chi connectivity index (χ1) is 3.25. The second-order valence-electron chi connectivity index (χ2n) is 0.959. The number of hydrogen-bond acceptors (Lipinski definition) is 5. The molecule has 0 fully saturated rings. The first-order valence-corrected chi connectivity index (χ1v) is 5.14. The Labute approximate surface area is 130 Å². The van der Waals surface area contributed by atoms with E-state index in [1.54, 1.807) is 0 Å². The zero-order chi connectivity index (χ0) is 7.00. The maximum atomic E-state index is 9.35. The van der Waals surface area contributed by atoms with Gasteiger partial charge < -0.3 is 28.7 Å².